The molecule has 2 N–H and O–H groups in total. The maximum atomic E-state index is 12.4. The number of pyridine rings is 1. The van der Waals surface area contributed by atoms with Crippen LogP contribution in [-0.2, 0) is 0 Å². The van der Waals surface area contributed by atoms with E-state index < -0.39 is 5.60 Å². The van der Waals surface area contributed by atoms with Crippen LogP contribution in [0.25, 0.3) is 0 Å². The van der Waals surface area contributed by atoms with Crippen LogP contribution in [0.1, 0.15) is 52.5 Å². The van der Waals surface area contributed by atoms with E-state index in [4.69, 9.17) is 0 Å². The van der Waals surface area contributed by atoms with Gasteiger partial charge in [-0.25, -0.2) is 0 Å². The van der Waals surface area contributed by atoms with Crippen LogP contribution in [0.2, 0.25) is 0 Å². The highest BCUT2D eigenvalue weighted by molar-refractivity contribution is 5.41. The first kappa shape index (κ1) is 14.1. The van der Waals surface area contributed by atoms with E-state index in [0.29, 0.717) is 5.69 Å². The summed E-state index contributed by atoms with van der Waals surface area (Å²) in [5.74, 6) is 0. The second-order valence-corrected chi connectivity index (χ2v) is 6.16. The Morgan fingerprint density at radius 2 is 2.05 bits per heavy atom. The van der Waals surface area contributed by atoms with Crippen LogP contribution in [0.15, 0.2) is 23.1 Å². The van der Waals surface area contributed by atoms with E-state index in [9.17, 15) is 9.90 Å². The summed E-state index contributed by atoms with van der Waals surface area (Å²) in [4.78, 5) is 12.4. The van der Waals surface area contributed by atoms with Crippen molar-refractivity contribution >= 4 is 5.69 Å². The monoisotopic (exact) mass is 264 g/mol. The SMILES string of the molecule is CC(C)Nc1cccn(C2CCC(C)(O)CC2)c1=O. The maximum Gasteiger partial charge on any atom is 0.274 e. The van der Waals surface area contributed by atoms with E-state index >= 15 is 0 Å². The highest BCUT2D eigenvalue weighted by atomic mass is 16.3. The van der Waals surface area contributed by atoms with E-state index in [2.05, 4.69) is 5.32 Å². The third kappa shape index (κ3) is 3.38. The molecule has 0 radical (unpaired) electrons. The molecule has 4 nitrogen and oxygen atoms in total. The van der Waals surface area contributed by atoms with Crippen molar-refractivity contribution in [1.29, 1.82) is 0 Å². The molecule has 0 amide bonds. The minimum Gasteiger partial charge on any atom is -0.390 e. The van der Waals surface area contributed by atoms with Gasteiger partial charge in [0.2, 0.25) is 0 Å². The van der Waals surface area contributed by atoms with Gasteiger partial charge >= 0.3 is 0 Å². The Balaban J connectivity index is 2.19. The van der Waals surface area contributed by atoms with Crippen LogP contribution in [0, 0.1) is 0 Å². The van der Waals surface area contributed by atoms with Crippen LogP contribution in [0.4, 0.5) is 5.69 Å². The molecule has 0 spiro atoms. The van der Waals surface area contributed by atoms with Gasteiger partial charge < -0.3 is 15.0 Å². The standard InChI is InChI=1S/C15H24N2O2/c1-11(2)16-13-5-4-10-17(14(13)18)12-6-8-15(3,19)9-7-12/h4-5,10-12,16,19H,6-9H2,1-3H3. The first-order chi connectivity index (χ1) is 8.89. The molecule has 1 aliphatic carbocycles. The van der Waals surface area contributed by atoms with E-state index in [0.717, 1.165) is 25.7 Å². The zero-order valence-corrected chi connectivity index (χ0v) is 12.0. The highest BCUT2D eigenvalue weighted by Gasteiger charge is 2.29. The van der Waals surface area contributed by atoms with Crippen molar-refractivity contribution in [1.82, 2.24) is 4.57 Å². The van der Waals surface area contributed by atoms with E-state index in [1.54, 1.807) is 0 Å². The van der Waals surface area contributed by atoms with Crippen molar-refractivity contribution in [2.45, 2.75) is 64.1 Å². The van der Waals surface area contributed by atoms with Gasteiger partial charge in [0.05, 0.1) is 5.60 Å². The number of aliphatic hydroxyl groups is 1. The van der Waals surface area contributed by atoms with Crippen LogP contribution >= 0.6 is 0 Å². The first-order valence-corrected chi connectivity index (χ1v) is 7.09. The molecule has 1 aromatic rings. The minimum absolute atomic E-state index is 0.0442. The summed E-state index contributed by atoms with van der Waals surface area (Å²) in [6.45, 7) is 5.92. The molecule has 1 saturated carbocycles. The van der Waals surface area contributed by atoms with Gasteiger partial charge in [-0.3, -0.25) is 4.79 Å². The summed E-state index contributed by atoms with van der Waals surface area (Å²) >= 11 is 0. The minimum atomic E-state index is -0.562. The second kappa shape index (κ2) is 5.37. The third-order valence-corrected chi connectivity index (χ3v) is 3.84. The smallest absolute Gasteiger partial charge is 0.274 e. The summed E-state index contributed by atoms with van der Waals surface area (Å²) in [5, 5.41) is 13.2. The van der Waals surface area contributed by atoms with Gasteiger partial charge in [0, 0.05) is 18.3 Å². The van der Waals surface area contributed by atoms with Crippen molar-refractivity contribution in [3.05, 3.63) is 28.7 Å². The number of rotatable bonds is 3. The predicted molar refractivity (Wildman–Crippen MR) is 77.6 cm³/mol. The molecule has 1 aromatic heterocycles. The second-order valence-electron chi connectivity index (χ2n) is 6.16. The average molecular weight is 264 g/mol. The summed E-state index contributed by atoms with van der Waals surface area (Å²) in [6, 6.07) is 4.20. The van der Waals surface area contributed by atoms with Gasteiger partial charge in [-0.15, -0.1) is 0 Å². The number of hydrogen-bond acceptors (Lipinski definition) is 3. The average Bonchev–Trinajstić information content (AvgIpc) is 2.32. The van der Waals surface area contributed by atoms with Crippen LogP contribution < -0.4 is 10.9 Å². The Kier molecular flexibility index (Phi) is 3.99. The summed E-state index contributed by atoms with van der Waals surface area (Å²) in [5.41, 5.74) is 0.144. The van der Waals surface area contributed by atoms with Gasteiger partial charge in [0.15, 0.2) is 0 Å². The molecule has 1 fully saturated rings. The lowest BCUT2D eigenvalue weighted by Gasteiger charge is -2.34. The topological polar surface area (TPSA) is 54.3 Å². The van der Waals surface area contributed by atoms with E-state index in [1.165, 1.54) is 0 Å². The predicted octanol–water partition coefficient (Wildman–Crippen LogP) is 2.53. The Bertz CT molecular complexity index is 481. The fourth-order valence-corrected chi connectivity index (χ4v) is 2.72. The quantitative estimate of drug-likeness (QED) is 0.882. The fourth-order valence-electron chi connectivity index (χ4n) is 2.72. The largest absolute Gasteiger partial charge is 0.390 e. The highest BCUT2D eigenvalue weighted by Crippen LogP contribution is 2.33. The molecule has 0 aromatic carbocycles. The number of hydrogen-bond donors (Lipinski definition) is 2. The molecule has 1 aliphatic rings. The summed E-state index contributed by atoms with van der Waals surface area (Å²) in [7, 11) is 0. The maximum absolute atomic E-state index is 12.4. The molecule has 19 heavy (non-hydrogen) atoms. The lowest BCUT2D eigenvalue weighted by Crippen LogP contribution is -2.35. The lowest BCUT2D eigenvalue weighted by atomic mass is 9.83. The Morgan fingerprint density at radius 3 is 2.63 bits per heavy atom. The Morgan fingerprint density at radius 1 is 1.42 bits per heavy atom. The number of aromatic nitrogens is 1. The van der Waals surface area contributed by atoms with Crippen molar-refractivity contribution in [3.63, 3.8) is 0 Å². The molecule has 106 valence electrons. The molecular formula is C15H24N2O2. The number of nitrogens with zero attached hydrogens (tertiary/aromatic N) is 1. The van der Waals surface area contributed by atoms with E-state index in [-0.39, 0.29) is 17.6 Å². The van der Waals surface area contributed by atoms with E-state index in [1.807, 2.05) is 43.7 Å². The normalized spacial score (nSPS) is 27.5. The van der Waals surface area contributed by atoms with Crippen molar-refractivity contribution in [2.24, 2.45) is 0 Å². The zero-order chi connectivity index (χ0) is 14.0. The summed E-state index contributed by atoms with van der Waals surface area (Å²) in [6.07, 6.45) is 5.09. The number of nitrogens with one attached hydrogen (secondary N) is 1. The van der Waals surface area contributed by atoms with Crippen LogP contribution in [-0.4, -0.2) is 21.3 Å². The third-order valence-electron chi connectivity index (χ3n) is 3.84. The number of anilines is 1. The van der Waals surface area contributed by atoms with Crippen molar-refractivity contribution in [2.75, 3.05) is 5.32 Å². The lowest BCUT2D eigenvalue weighted by molar-refractivity contribution is 0.00956. The van der Waals surface area contributed by atoms with Crippen molar-refractivity contribution in [3.8, 4) is 0 Å². The molecule has 1 heterocycles. The van der Waals surface area contributed by atoms with Crippen molar-refractivity contribution < 1.29 is 5.11 Å². The molecule has 0 atom stereocenters. The van der Waals surface area contributed by atoms with Gasteiger partial charge in [-0.1, -0.05) is 0 Å². The van der Waals surface area contributed by atoms with Crippen LogP contribution in [0.5, 0.6) is 0 Å². The Hall–Kier alpha value is -1.29. The van der Waals surface area contributed by atoms with Gasteiger partial charge in [-0.2, -0.15) is 0 Å². The van der Waals surface area contributed by atoms with Gasteiger partial charge in [0.25, 0.3) is 5.56 Å². The van der Waals surface area contributed by atoms with Gasteiger partial charge in [-0.05, 0) is 58.6 Å². The molecule has 4 heteroatoms. The molecule has 0 saturated heterocycles. The first-order valence-electron chi connectivity index (χ1n) is 7.09. The molecule has 0 unspecified atom stereocenters. The molecule has 0 aliphatic heterocycles. The summed E-state index contributed by atoms with van der Waals surface area (Å²) < 4.78 is 1.82. The molecule has 2 rings (SSSR count). The molecular weight excluding hydrogens is 240 g/mol. The fraction of sp³-hybridized carbons (Fsp3) is 0.667. The van der Waals surface area contributed by atoms with Crippen LogP contribution in [0.3, 0.4) is 0 Å². The van der Waals surface area contributed by atoms with Gasteiger partial charge in [0.1, 0.15) is 5.69 Å². The Labute approximate surface area is 114 Å². The zero-order valence-electron chi connectivity index (χ0n) is 12.0. The molecule has 0 bridgehead atoms.